The fourth-order valence-electron chi connectivity index (χ4n) is 1.88. The molecule has 1 aromatic rings. The third-order valence-corrected chi connectivity index (χ3v) is 2.70. The lowest BCUT2D eigenvalue weighted by atomic mass is 9.83. The van der Waals surface area contributed by atoms with Crippen LogP contribution in [0, 0.1) is 18.3 Å². The molecule has 3 heteroatoms. The lowest BCUT2D eigenvalue weighted by Crippen LogP contribution is -2.26. The number of pyridine rings is 1. The number of nitrogens with zero attached hydrogens (tertiary/aromatic N) is 2. The summed E-state index contributed by atoms with van der Waals surface area (Å²) in [5.41, 5.74) is 1.44. The van der Waals surface area contributed by atoms with E-state index in [0.29, 0.717) is 13.2 Å². The van der Waals surface area contributed by atoms with Crippen molar-refractivity contribution in [2.24, 2.45) is 0 Å². The maximum atomic E-state index is 9.22. The molecule has 1 atom stereocenters. The standard InChI is InChI=1S/C11H12N2O/c1-9-3-2-5-13-10(9)11(7-12)4-6-14-8-11/h2-3,5H,4,6,8H2,1H3. The van der Waals surface area contributed by atoms with Crippen molar-refractivity contribution in [3.63, 3.8) is 0 Å². The zero-order chi connectivity index (χ0) is 10.0. The van der Waals surface area contributed by atoms with Gasteiger partial charge in [0.05, 0.1) is 18.4 Å². The summed E-state index contributed by atoms with van der Waals surface area (Å²) >= 11 is 0. The van der Waals surface area contributed by atoms with E-state index in [4.69, 9.17) is 4.74 Å². The Morgan fingerprint density at radius 3 is 3.07 bits per heavy atom. The van der Waals surface area contributed by atoms with E-state index in [2.05, 4.69) is 11.1 Å². The summed E-state index contributed by atoms with van der Waals surface area (Å²) in [6, 6.07) is 6.22. The average molecular weight is 188 g/mol. The van der Waals surface area contributed by atoms with Gasteiger partial charge in [0.1, 0.15) is 5.41 Å². The normalized spacial score (nSPS) is 26.0. The van der Waals surface area contributed by atoms with Crippen molar-refractivity contribution in [1.29, 1.82) is 5.26 Å². The van der Waals surface area contributed by atoms with Crippen LogP contribution in [0.2, 0.25) is 0 Å². The monoisotopic (exact) mass is 188 g/mol. The largest absolute Gasteiger partial charge is 0.379 e. The molecule has 0 aliphatic carbocycles. The van der Waals surface area contributed by atoms with Gasteiger partial charge in [0.15, 0.2) is 0 Å². The molecule has 0 saturated carbocycles. The van der Waals surface area contributed by atoms with Crippen LogP contribution in [0.5, 0.6) is 0 Å². The van der Waals surface area contributed by atoms with Crippen LogP contribution in [-0.2, 0) is 10.2 Å². The highest BCUT2D eigenvalue weighted by Gasteiger charge is 2.39. The topological polar surface area (TPSA) is 45.9 Å². The molecule has 0 radical (unpaired) electrons. The summed E-state index contributed by atoms with van der Waals surface area (Å²) in [6.07, 6.45) is 2.49. The van der Waals surface area contributed by atoms with Crippen molar-refractivity contribution >= 4 is 0 Å². The lowest BCUT2D eigenvalue weighted by Gasteiger charge is -2.19. The van der Waals surface area contributed by atoms with Gasteiger partial charge in [-0.25, -0.2) is 0 Å². The molecular formula is C11H12N2O. The maximum absolute atomic E-state index is 9.22. The van der Waals surface area contributed by atoms with E-state index < -0.39 is 5.41 Å². The number of hydrogen-bond acceptors (Lipinski definition) is 3. The van der Waals surface area contributed by atoms with Gasteiger partial charge < -0.3 is 4.74 Å². The molecule has 1 aliphatic heterocycles. The lowest BCUT2D eigenvalue weighted by molar-refractivity contribution is 0.185. The molecule has 2 rings (SSSR count). The van der Waals surface area contributed by atoms with E-state index in [1.54, 1.807) is 6.20 Å². The molecule has 0 aromatic carbocycles. The van der Waals surface area contributed by atoms with Crippen molar-refractivity contribution in [2.45, 2.75) is 18.8 Å². The fraction of sp³-hybridized carbons (Fsp3) is 0.455. The van der Waals surface area contributed by atoms with Gasteiger partial charge in [-0.3, -0.25) is 4.98 Å². The third kappa shape index (κ3) is 1.28. The molecule has 0 N–H and O–H groups in total. The number of aromatic nitrogens is 1. The van der Waals surface area contributed by atoms with Gasteiger partial charge in [-0.15, -0.1) is 0 Å². The van der Waals surface area contributed by atoms with Crippen molar-refractivity contribution < 1.29 is 4.74 Å². The minimum absolute atomic E-state index is 0.474. The minimum atomic E-state index is -0.509. The highest BCUT2D eigenvalue weighted by molar-refractivity contribution is 5.33. The first-order chi connectivity index (χ1) is 6.78. The summed E-state index contributed by atoms with van der Waals surface area (Å²) in [4.78, 5) is 4.30. The molecule has 1 aliphatic rings. The Bertz CT molecular complexity index is 375. The number of aryl methyl sites for hydroxylation is 1. The Labute approximate surface area is 83.3 Å². The van der Waals surface area contributed by atoms with Crippen LogP contribution >= 0.6 is 0 Å². The summed E-state index contributed by atoms with van der Waals surface area (Å²) < 4.78 is 5.30. The number of nitriles is 1. The Morgan fingerprint density at radius 1 is 1.64 bits per heavy atom. The van der Waals surface area contributed by atoms with Crippen LogP contribution in [-0.4, -0.2) is 18.2 Å². The number of rotatable bonds is 1. The second kappa shape index (κ2) is 3.39. The molecule has 3 nitrogen and oxygen atoms in total. The van der Waals surface area contributed by atoms with Gasteiger partial charge in [0, 0.05) is 12.8 Å². The summed E-state index contributed by atoms with van der Waals surface area (Å²) in [6.45, 7) is 3.12. The van der Waals surface area contributed by atoms with Crippen LogP contribution < -0.4 is 0 Å². The van der Waals surface area contributed by atoms with Crippen molar-refractivity contribution in [3.05, 3.63) is 29.6 Å². The molecular weight excluding hydrogens is 176 g/mol. The van der Waals surface area contributed by atoms with Crippen LogP contribution in [0.3, 0.4) is 0 Å². The molecule has 72 valence electrons. The molecule has 0 amide bonds. The molecule has 1 saturated heterocycles. The summed E-state index contributed by atoms with van der Waals surface area (Å²) in [5.74, 6) is 0. The second-order valence-corrected chi connectivity index (χ2v) is 3.67. The molecule has 0 bridgehead atoms. The zero-order valence-electron chi connectivity index (χ0n) is 8.16. The molecule has 0 spiro atoms. The van der Waals surface area contributed by atoms with E-state index in [0.717, 1.165) is 17.7 Å². The Balaban J connectivity index is 2.47. The first kappa shape index (κ1) is 9.17. The van der Waals surface area contributed by atoms with E-state index in [1.807, 2.05) is 19.1 Å². The molecule has 1 aromatic heterocycles. The Kier molecular flexibility index (Phi) is 2.22. The maximum Gasteiger partial charge on any atom is 0.125 e. The molecule has 1 fully saturated rings. The fourth-order valence-corrected chi connectivity index (χ4v) is 1.88. The minimum Gasteiger partial charge on any atom is -0.379 e. The number of hydrogen-bond donors (Lipinski definition) is 0. The quantitative estimate of drug-likeness (QED) is 0.672. The van der Waals surface area contributed by atoms with E-state index in [9.17, 15) is 5.26 Å². The van der Waals surface area contributed by atoms with E-state index in [1.165, 1.54) is 0 Å². The van der Waals surface area contributed by atoms with Crippen LogP contribution in [0.4, 0.5) is 0 Å². The zero-order valence-corrected chi connectivity index (χ0v) is 8.16. The predicted octanol–water partition coefficient (Wildman–Crippen LogP) is 1.57. The van der Waals surface area contributed by atoms with Crippen molar-refractivity contribution in [1.82, 2.24) is 4.98 Å². The third-order valence-electron chi connectivity index (χ3n) is 2.70. The van der Waals surface area contributed by atoms with Crippen LogP contribution in [0.15, 0.2) is 18.3 Å². The van der Waals surface area contributed by atoms with Crippen molar-refractivity contribution in [3.8, 4) is 6.07 Å². The Morgan fingerprint density at radius 2 is 2.50 bits per heavy atom. The van der Waals surface area contributed by atoms with Gasteiger partial charge >= 0.3 is 0 Å². The smallest absolute Gasteiger partial charge is 0.125 e. The summed E-state index contributed by atoms with van der Waals surface area (Å²) in [7, 11) is 0. The van der Waals surface area contributed by atoms with Crippen molar-refractivity contribution in [2.75, 3.05) is 13.2 Å². The SMILES string of the molecule is Cc1cccnc1C1(C#N)CCOC1. The molecule has 2 heterocycles. The van der Waals surface area contributed by atoms with E-state index >= 15 is 0 Å². The second-order valence-electron chi connectivity index (χ2n) is 3.67. The Hall–Kier alpha value is -1.40. The van der Waals surface area contributed by atoms with Gasteiger partial charge in [0.25, 0.3) is 0 Å². The highest BCUT2D eigenvalue weighted by atomic mass is 16.5. The van der Waals surface area contributed by atoms with Gasteiger partial charge in [-0.2, -0.15) is 5.26 Å². The van der Waals surface area contributed by atoms with Crippen LogP contribution in [0.1, 0.15) is 17.7 Å². The van der Waals surface area contributed by atoms with E-state index in [-0.39, 0.29) is 0 Å². The predicted molar refractivity (Wildman–Crippen MR) is 51.7 cm³/mol. The van der Waals surface area contributed by atoms with Gasteiger partial charge in [0.2, 0.25) is 0 Å². The van der Waals surface area contributed by atoms with Gasteiger partial charge in [-0.1, -0.05) is 6.07 Å². The summed E-state index contributed by atoms with van der Waals surface area (Å²) in [5, 5.41) is 9.22. The highest BCUT2D eigenvalue weighted by Crippen LogP contribution is 2.32. The first-order valence-electron chi connectivity index (χ1n) is 4.70. The first-order valence-corrected chi connectivity index (χ1v) is 4.70. The molecule has 14 heavy (non-hydrogen) atoms. The average Bonchev–Trinajstić information content (AvgIpc) is 2.68. The van der Waals surface area contributed by atoms with Crippen LogP contribution in [0.25, 0.3) is 0 Å². The molecule has 1 unspecified atom stereocenters. The number of ether oxygens (including phenoxy) is 1. The van der Waals surface area contributed by atoms with Gasteiger partial charge in [-0.05, 0) is 25.0 Å².